The Labute approximate surface area is 153 Å². The zero-order valence-electron chi connectivity index (χ0n) is 15.4. The number of carbonyl (C=O) groups excluding carboxylic acids is 2. The van der Waals surface area contributed by atoms with E-state index in [1.807, 2.05) is 47.6 Å². The predicted molar refractivity (Wildman–Crippen MR) is 97.6 cm³/mol. The number of amides is 2. The van der Waals surface area contributed by atoms with Gasteiger partial charge in [0.15, 0.2) is 0 Å². The van der Waals surface area contributed by atoms with Crippen molar-refractivity contribution in [3.05, 3.63) is 47.0 Å². The molecule has 7 heteroatoms. The van der Waals surface area contributed by atoms with E-state index in [-0.39, 0.29) is 11.8 Å². The van der Waals surface area contributed by atoms with Crippen LogP contribution in [0.2, 0.25) is 0 Å². The molecule has 2 heterocycles. The first-order valence-electron chi connectivity index (χ1n) is 9.12. The Bertz CT molecular complexity index is 799. The molecular formula is C19H25N5O2. The molecule has 1 N–H and O–H groups in total. The molecule has 26 heavy (non-hydrogen) atoms. The monoisotopic (exact) mass is 355 g/mol. The quantitative estimate of drug-likeness (QED) is 0.820. The molecule has 0 radical (unpaired) electrons. The molecule has 7 nitrogen and oxygen atoms in total. The second kappa shape index (κ2) is 8.12. The van der Waals surface area contributed by atoms with E-state index >= 15 is 0 Å². The molecule has 0 spiro atoms. The number of hydrogen-bond acceptors (Lipinski definition) is 4. The standard InChI is InChI=1S/C19H25N5O2/c1-3-10-20-17(25)9-8-16-21-22-18-19(26)23(11-12-24(16)18)13-15-7-5-4-6-14(15)2/h4-7H,3,8-13H2,1-2H3,(H,20,25). The van der Waals surface area contributed by atoms with Crippen LogP contribution in [0.15, 0.2) is 24.3 Å². The van der Waals surface area contributed by atoms with Crippen molar-refractivity contribution in [3.63, 3.8) is 0 Å². The van der Waals surface area contributed by atoms with E-state index in [1.165, 1.54) is 5.56 Å². The van der Waals surface area contributed by atoms with Crippen molar-refractivity contribution < 1.29 is 9.59 Å². The van der Waals surface area contributed by atoms with Crippen molar-refractivity contribution in [2.24, 2.45) is 0 Å². The molecule has 2 amide bonds. The van der Waals surface area contributed by atoms with Crippen molar-refractivity contribution in [3.8, 4) is 0 Å². The highest BCUT2D eigenvalue weighted by Gasteiger charge is 2.29. The average Bonchev–Trinajstić information content (AvgIpc) is 3.06. The number of carbonyl (C=O) groups is 2. The van der Waals surface area contributed by atoms with Crippen molar-refractivity contribution in [1.29, 1.82) is 0 Å². The minimum atomic E-state index is -0.103. The van der Waals surface area contributed by atoms with Crippen LogP contribution < -0.4 is 5.32 Å². The van der Waals surface area contributed by atoms with Gasteiger partial charge in [-0.3, -0.25) is 9.59 Å². The van der Waals surface area contributed by atoms with Gasteiger partial charge in [-0.2, -0.15) is 0 Å². The molecule has 1 aromatic heterocycles. The van der Waals surface area contributed by atoms with Crippen LogP contribution >= 0.6 is 0 Å². The highest BCUT2D eigenvalue weighted by molar-refractivity contribution is 5.91. The zero-order valence-corrected chi connectivity index (χ0v) is 15.4. The lowest BCUT2D eigenvalue weighted by Crippen LogP contribution is -2.40. The third-order valence-corrected chi connectivity index (χ3v) is 4.67. The number of rotatable bonds is 7. The largest absolute Gasteiger partial charge is 0.356 e. The Balaban J connectivity index is 1.65. The van der Waals surface area contributed by atoms with Gasteiger partial charge in [-0.25, -0.2) is 0 Å². The zero-order chi connectivity index (χ0) is 18.5. The maximum atomic E-state index is 12.7. The summed E-state index contributed by atoms with van der Waals surface area (Å²) < 4.78 is 1.85. The smallest absolute Gasteiger partial charge is 0.292 e. The predicted octanol–water partition coefficient (Wildman–Crippen LogP) is 1.70. The van der Waals surface area contributed by atoms with Crippen LogP contribution in [0, 0.1) is 6.92 Å². The minimum absolute atomic E-state index is 0.00696. The van der Waals surface area contributed by atoms with E-state index in [2.05, 4.69) is 15.5 Å². The first-order valence-corrected chi connectivity index (χ1v) is 9.12. The van der Waals surface area contributed by atoms with Crippen LogP contribution in [-0.2, 0) is 24.3 Å². The summed E-state index contributed by atoms with van der Waals surface area (Å²) in [4.78, 5) is 26.3. The summed E-state index contributed by atoms with van der Waals surface area (Å²) in [6.45, 7) is 6.60. The van der Waals surface area contributed by atoms with Gasteiger partial charge in [0.1, 0.15) is 5.82 Å². The number of aryl methyl sites for hydroxylation is 2. The van der Waals surface area contributed by atoms with Crippen LogP contribution in [-0.4, -0.2) is 44.6 Å². The maximum Gasteiger partial charge on any atom is 0.292 e. The van der Waals surface area contributed by atoms with E-state index in [4.69, 9.17) is 0 Å². The van der Waals surface area contributed by atoms with Crippen LogP contribution in [0.25, 0.3) is 0 Å². The van der Waals surface area contributed by atoms with E-state index < -0.39 is 0 Å². The van der Waals surface area contributed by atoms with Crippen LogP contribution in [0.1, 0.15) is 47.3 Å². The topological polar surface area (TPSA) is 80.1 Å². The molecule has 3 rings (SSSR count). The lowest BCUT2D eigenvalue weighted by molar-refractivity contribution is -0.121. The highest BCUT2D eigenvalue weighted by atomic mass is 16.2. The molecular weight excluding hydrogens is 330 g/mol. The maximum absolute atomic E-state index is 12.7. The van der Waals surface area contributed by atoms with Crippen molar-refractivity contribution >= 4 is 11.8 Å². The van der Waals surface area contributed by atoms with E-state index in [9.17, 15) is 9.59 Å². The summed E-state index contributed by atoms with van der Waals surface area (Å²) in [5.41, 5.74) is 2.31. The van der Waals surface area contributed by atoms with E-state index in [0.29, 0.717) is 50.7 Å². The van der Waals surface area contributed by atoms with Crippen molar-refractivity contribution in [2.75, 3.05) is 13.1 Å². The fraction of sp³-hybridized carbons (Fsp3) is 0.474. The molecule has 0 aliphatic carbocycles. The van der Waals surface area contributed by atoms with Crippen LogP contribution in [0.4, 0.5) is 0 Å². The number of nitrogens with zero attached hydrogens (tertiary/aromatic N) is 4. The molecule has 0 bridgehead atoms. The van der Waals surface area contributed by atoms with Gasteiger partial charge in [-0.05, 0) is 24.5 Å². The van der Waals surface area contributed by atoms with E-state index in [1.54, 1.807) is 0 Å². The average molecular weight is 355 g/mol. The summed E-state index contributed by atoms with van der Waals surface area (Å²) in [6, 6.07) is 8.08. The Morgan fingerprint density at radius 2 is 2.04 bits per heavy atom. The van der Waals surface area contributed by atoms with Gasteiger partial charge < -0.3 is 14.8 Å². The third kappa shape index (κ3) is 3.92. The third-order valence-electron chi connectivity index (χ3n) is 4.67. The summed E-state index contributed by atoms with van der Waals surface area (Å²) in [7, 11) is 0. The Morgan fingerprint density at radius 3 is 2.81 bits per heavy atom. The fourth-order valence-electron chi connectivity index (χ4n) is 3.10. The Morgan fingerprint density at radius 1 is 1.23 bits per heavy atom. The first-order chi connectivity index (χ1) is 12.6. The van der Waals surface area contributed by atoms with Gasteiger partial charge in [0, 0.05) is 39.0 Å². The Hall–Kier alpha value is -2.70. The van der Waals surface area contributed by atoms with Crippen molar-refractivity contribution in [1.82, 2.24) is 25.0 Å². The lowest BCUT2D eigenvalue weighted by Gasteiger charge is -2.28. The van der Waals surface area contributed by atoms with Crippen LogP contribution in [0.5, 0.6) is 0 Å². The van der Waals surface area contributed by atoms with Gasteiger partial charge in [-0.1, -0.05) is 31.2 Å². The number of aromatic nitrogens is 3. The molecule has 2 aromatic rings. The first kappa shape index (κ1) is 18.1. The number of fused-ring (bicyclic) bond motifs is 1. The van der Waals surface area contributed by atoms with Gasteiger partial charge in [0.25, 0.3) is 5.91 Å². The SMILES string of the molecule is CCCNC(=O)CCc1nnc2n1CCN(Cc1ccccc1C)C2=O. The fourth-order valence-corrected chi connectivity index (χ4v) is 3.10. The Kier molecular flexibility index (Phi) is 5.65. The molecule has 0 atom stereocenters. The number of benzene rings is 1. The van der Waals surface area contributed by atoms with E-state index in [0.717, 1.165) is 12.0 Å². The van der Waals surface area contributed by atoms with Gasteiger partial charge in [-0.15, -0.1) is 10.2 Å². The lowest BCUT2D eigenvalue weighted by atomic mass is 10.1. The molecule has 1 aliphatic heterocycles. The van der Waals surface area contributed by atoms with Gasteiger partial charge in [0.2, 0.25) is 11.7 Å². The normalized spacial score (nSPS) is 13.6. The molecule has 1 aromatic carbocycles. The molecule has 0 saturated heterocycles. The summed E-state index contributed by atoms with van der Waals surface area (Å²) in [5, 5.41) is 11.1. The molecule has 138 valence electrons. The van der Waals surface area contributed by atoms with Crippen molar-refractivity contribution in [2.45, 2.75) is 46.2 Å². The summed E-state index contributed by atoms with van der Waals surface area (Å²) in [5.74, 6) is 0.977. The van der Waals surface area contributed by atoms with Gasteiger partial charge >= 0.3 is 0 Å². The molecule has 0 unspecified atom stereocenters. The minimum Gasteiger partial charge on any atom is -0.356 e. The molecule has 0 fully saturated rings. The number of nitrogens with one attached hydrogen (secondary N) is 1. The molecule has 0 saturated carbocycles. The number of hydrogen-bond donors (Lipinski definition) is 1. The second-order valence-corrected chi connectivity index (χ2v) is 6.59. The summed E-state index contributed by atoms with van der Waals surface area (Å²) >= 11 is 0. The second-order valence-electron chi connectivity index (χ2n) is 6.59. The van der Waals surface area contributed by atoms with Crippen LogP contribution in [0.3, 0.4) is 0 Å². The van der Waals surface area contributed by atoms with Gasteiger partial charge in [0.05, 0.1) is 0 Å². The summed E-state index contributed by atoms with van der Waals surface area (Å²) in [6.07, 6.45) is 1.77. The molecule has 1 aliphatic rings. The highest BCUT2D eigenvalue weighted by Crippen LogP contribution is 2.18.